The number of hydrogen-bond donors (Lipinski definition) is 1. The molecular weight excluding hydrogens is 316 g/mol. The number of benzene rings is 1. The van der Waals surface area contributed by atoms with Gasteiger partial charge in [0.25, 0.3) is 0 Å². The Balaban J connectivity index is 2.36. The number of aliphatic carboxylic acids is 1. The number of aromatic nitrogens is 2. The Hall–Kier alpha value is -2.28. The van der Waals surface area contributed by atoms with Crippen LogP contribution in [0.25, 0.3) is 5.69 Å². The van der Waals surface area contributed by atoms with E-state index in [-0.39, 0.29) is 12.2 Å². The summed E-state index contributed by atoms with van der Waals surface area (Å²) in [6, 6.07) is 3.34. The molecule has 2 aromatic rings. The minimum atomic E-state index is -0.893. The van der Waals surface area contributed by atoms with Crippen LogP contribution in [-0.2, 0) is 11.3 Å². The van der Waals surface area contributed by atoms with Crippen molar-refractivity contribution >= 4 is 5.97 Å². The van der Waals surface area contributed by atoms with Crippen LogP contribution in [0, 0.1) is 25.5 Å². The molecule has 0 unspecified atom stereocenters. The summed E-state index contributed by atoms with van der Waals surface area (Å²) < 4.78 is 28.6. The van der Waals surface area contributed by atoms with Gasteiger partial charge in [-0.2, -0.15) is 5.10 Å². The largest absolute Gasteiger partial charge is 0.480 e. The molecule has 0 amide bonds. The van der Waals surface area contributed by atoms with Crippen molar-refractivity contribution in [2.75, 3.05) is 13.1 Å². The van der Waals surface area contributed by atoms with Gasteiger partial charge >= 0.3 is 5.97 Å². The first-order valence-electron chi connectivity index (χ1n) is 7.78. The summed E-state index contributed by atoms with van der Waals surface area (Å²) in [7, 11) is 0. The highest BCUT2D eigenvalue weighted by molar-refractivity contribution is 5.69. The predicted molar refractivity (Wildman–Crippen MR) is 86.2 cm³/mol. The molecule has 5 nitrogen and oxygen atoms in total. The maximum atomic E-state index is 14.0. The van der Waals surface area contributed by atoms with E-state index in [9.17, 15) is 13.6 Å². The second kappa shape index (κ2) is 7.53. The SMILES string of the molecule is CCCN(CC(=O)O)Cc1c(C)nn(-c2ccc(F)cc2F)c1C. The average Bonchev–Trinajstić information content (AvgIpc) is 2.75. The lowest BCUT2D eigenvalue weighted by molar-refractivity contribution is -0.138. The van der Waals surface area contributed by atoms with Gasteiger partial charge in [-0.1, -0.05) is 6.92 Å². The Morgan fingerprint density at radius 3 is 2.62 bits per heavy atom. The summed E-state index contributed by atoms with van der Waals surface area (Å²) in [6.45, 7) is 6.56. The van der Waals surface area contributed by atoms with Crippen molar-refractivity contribution in [3.8, 4) is 5.69 Å². The third-order valence-electron chi connectivity index (χ3n) is 3.86. The molecule has 1 heterocycles. The van der Waals surface area contributed by atoms with Gasteiger partial charge in [0.1, 0.15) is 11.5 Å². The van der Waals surface area contributed by atoms with E-state index >= 15 is 0 Å². The average molecular weight is 337 g/mol. The molecule has 0 saturated carbocycles. The smallest absolute Gasteiger partial charge is 0.317 e. The molecule has 24 heavy (non-hydrogen) atoms. The number of halogens is 2. The number of rotatable bonds is 7. The number of nitrogens with zero attached hydrogens (tertiary/aromatic N) is 3. The molecule has 0 aliphatic rings. The molecule has 7 heteroatoms. The molecule has 0 atom stereocenters. The monoisotopic (exact) mass is 337 g/mol. The van der Waals surface area contributed by atoms with Gasteiger partial charge in [0.2, 0.25) is 0 Å². The van der Waals surface area contributed by atoms with Crippen molar-refractivity contribution in [3.63, 3.8) is 0 Å². The highest BCUT2D eigenvalue weighted by Crippen LogP contribution is 2.22. The molecule has 1 aromatic heterocycles. The lowest BCUT2D eigenvalue weighted by atomic mass is 10.1. The topological polar surface area (TPSA) is 58.4 Å². The summed E-state index contributed by atoms with van der Waals surface area (Å²) >= 11 is 0. The van der Waals surface area contributed by atoms with E-state index in [2.05, 4.69) is 5.10 Å². The molecule has 0 spiro atoms. The van der Waals surface area contributed by atoms with Crippen molar-refractivity contribution in [2.45, 2.75) is 33.7 Å². The van der Waals surface area contributed by atoms with E-state index in [1.165, 1.54) is 16.8 Å². The van der Waals surface area contributed by atoms with Crippen LogP contribution in [0.3, 0.4) is 0 Å². The fourth-order valence-electron chi connectivity index (χ4n) is 2.74. The Morgan fingerprint density at radius 1 is 1.33 bits per heavy atom. The molecule has 0 fully saturated rings. The third-order valence-corrected chi connectivity index (χ3v) is 3.86. The number of carboxylic acid groups (broad SMARTS) is 1. The Kier molecular flexibility index (Phi) is 5.66. The Labute approximate surface area is 139 Å². The van der Waals surface area contributed by atoms with Crippen LogP contribution in [0.1, 0.15) is 30.3 Å². The molecule has 1 aromatic carbocycles. The van der Waals surface area contributed by atoms with Crippen molar-refractivity contribution in [3.05, 3.63) is 46.8 Å². The number of carboxylic acids is 1. The van der Waals surface area contributed by atoms with Gasteiger partial charge in [-0.15, -0.1) is 0 Å². The minimum Gasteiger partial charge on any atom is -0.480 e. The van der Waals surface area contributed by atoms with Crippen LogP contribution in [0.2, 0.25) is 0 Å². The second-order valence-electron chi connectivity index (χ2n) is 5.76. The zero-order valence-electron chi connectivity index (χ0n) is 14.0. The Bertz CT molecular complexity index is 744. The van der Waals surface area contributed by atoms with E-state index < -0.39 is 17.6 Å². The van der Waals surface area contributed by atoms with Crippen LogP contribution in [0.5, 0.6) is 0 Å². The first kappa shape index (κ1) is 18.1. The first-order valence-corrected chi connectivity index (χ1v) is 7.78. The highest BCUT2D eigenvalue weighted by atomic mass is 19.1. The van der Waals surface area contributed by atoms with Gasteiger partial charge in [-0.05, 0) is 38.9 Å². The fraction of sp³-hybridized carbons (Fsp3) is 0.412. The first-order chi connectivity index (χ1) is 11.3. The van der Waals surface area contributed by atoms with Crippen molar-refractivity contribution < 1.29 is 18.7 Å². The molecule has 2 rings (SSSR count). The molecule has 0 bridgehead atoms. The van der Waals surface area contributed by atoms with Crippen molar-refractivity contribution in [1.82, 2.24) is 14.7 Å². The van der Waals surface area contributed by atoms with Gasteiger partial charge in [-0.3, -0.25) is 9.69 Å². The van der Waals surface area contributed by atoms with Crippen LogP contribution < -0.4 is 0 Å². The molecule has 1 N–H and O–H groups in total. The third kappa shape index (κ3) is 3.97. The molecule has 0 aliphatic heterocycles. The summed E-state index contributed by atoms with van der Waals surface area (Å²) in [5.74, 6) is -2.23. The summed E-state index contributed by atoms with van der Waals surface area (Å²) in [6.07, 6.45) is 0.825. The van der Waals surface area contributed by atoms with Crippen LogP contribution in [0.15, 0.2) is 18.2 Å². The van der Waals surface area contributed by atoms with Gasteiger partial charge < -0.3 is 5.11 Å². The van der Waals surface area contributed by atoms with E-state index in [4.69, 9.17) is 5.11 Å². The van der Waals surface area contributed by atoms with Crippen LogP contribution in [0.4, 0.5) is 8.78 Å². The zero-order chi connectivity index (χ0) is 17.9. The molecule has 0 aliphatic carbocycles. The van der Waals surface area contributed by atoms with Gasteiger partial charge in [0.15, 0.2) is 5.82 Å². The second-order valence-corrected chi connectivity index (χ2v) is 5.76. The van der Waals surface area contributed by atoms with Gasteiger partial charge in [0, 0.05) is 23.9 Å². The Morgan fingerprint density at radius 2 is 2.04 bits per heavy atom. The zero-order valence-corrected chi connectivity index (χ0v) is 14.0. The summed E-state index contributed by atoms with van der Waals surface area (Å²) in [5, 5.41) is 13.4. The normalized spacial score (nSPS) is 11.2. The maximum Gasteiger partial charge on any atom is 0.317 e. The highest BCUT2D eigenvalue weighted by Gasteiger charge is 2.19. The number of hydrogen-bond acceptors (Lipinski definition) is 3. The molecule has 0 radical (unpaired) electrons. The molecular formula is C17H21F2N3O2. The number of carbonyl (C=O) groups is 1. The maximum absolute atomic E-state index is 14.0. The fourth-order valence-corrected chi connectivity index (χ4v) is 2.74. The summed E-state index contributed by atoms with van der Waals surface area (Å²) in [4.78, 5) is 12.8. The molecule has 130 valence electrons. The number of aryl methyl sites for hydroxylation is 1. The van der Waals surface area contributed by atoms with Crippen molar-refractivity contribution in [2.24, 2.45) is 0 Å². The standard InChI is InChI=1S/C17H21F2N3O2/c1-4-7-21(10-17(23)24)9-14-11(2)20-22(12(14)3)16-6-5-13(18)8-15(16)19/h5-6,8H,4,7,9-10H2,1-3H3,(H,23,24). The lowest BCUT2D eigenvalue weighted by Gasteiger charge is -2.19. The van der Waals surface area contributed by atoms with E-state index in [1.807, 2.05) is 11.8 Å². The predicted octanol–water partition coefficient (Wildman–Crippen LogP) is 3.06. The summed E-state index contributed by atoms with van der Waals surface area (Å²) in [5.41, 5.74) is 2.43. The lowest BCUT2D eigenvalue weighted by Crippen LogP contribution is -2.30. The molecule has 0 saturated heterocycles. The van der Waals surface area contributed by atoms with Gasteiger partial charge in [-0.25, -0.2) is 13.5 Å². The van der Waals surface area contributed by atoms with E-state index in [1.54, 1.807) is 13.8 Å². The van der Waals surface area contributed by atoms with Gasteiger partial charge in [0.05, 0.1) is 12.2 Å². The minimum absolute atomic E-state index is 0.0667. The van der Waals surface area contributed by atoms with E-state index in [0.717, 1.165) is 18.1 Å². The van der Waals surface area contributed by atoms with Crippen molar-refractivity contribution in [1.29, 1.82) is 0 Å². The van der Waals surface area contributed by atoms with Crippen LogP contribution in [-0.4, -0.2) is 38.8 Å². The van der Waals surface area contributed by atoms with Crippen LogP contribution >= 0.6 is 0 Å². The van der Waals surface area contributed by atoms with E-state index in [0.29, 0.717) is 24.5 Å². The quantitative estimate of drug-likeness (QED) is 0.844.